The Kier molecular flexibility index (Phi) is 5.91. The number of carbonyl (C=O) groups excluding carboxylic acids is 1. The number of hydrogen-bond acceptors (Lipinski definition) is 6. The van der Waals surface area contributed by atoms with Crippen LogP contribution in [0.1, 0.15) is 11.6 Å². The topological polar surface area (TPSA) is 95.4 Å². The molecule has 1 fully saturated rings. The van der Waals surface area contributed by atoms with Crippen molar-refractivity contribution in [1.29, 1.82) is 5.26 Å². The maximum absolute atomic E-state index is 13.1. The summed E-state index contributed by atoms with van der Waals surface area (Å²) < 4.78 is 19.1. The molecule has 9 heteroatoms. The molecular weight excluding hydrogens is 401 g/mol. The molecule has 1 aliphatic heterocycles. The summed E-state index contributed by atoms with van der Waals surface area (Å²) in [7, 11) is 0. The Labute approximate surface area is 177 Å². The van der Waals surface area contributed by atoms with Gasteiger partial charge in [0.2, 0.25) is 11.8 Å². The van der Waals surface area contributed by atoms with Gasteiger partial charge >= 0.3 is 5.76 Å². The average molecular weight is 421 g/mol. The minimum atomic E-state index is -0.750. The normalized spacial score (nSPS) is 15.4. The van der Waals surface area contributed by atoms with Crippen LogP contribution in [-0.2, 0) is 11.3 Å². The van der Waals surface area contributed by atoms with Crippen LogP contribution in [0.2, 0.25) is 0 Å². The molecule has 4 rings (SSSR count). The lowest BCUT2D eigenvalue weighted by Crippen LogP contribution is -2.50. The quantitative estimate of drug-likeness (QED) is 0.626. The van der Waals surface area contributed by atoms with Crippen molar-refractivity contribution in [3.63, 3.8) is 0 Å². The third kappa shape index (κ3) is 4.54. The standard InChI is InChI=1S/C22H20FN5O3/c23-18-8-6-17(7-9-18)21-25-28(22(30)31-21)15-20(29)27-12-10-26(11-13-27)19(14-24)16-4-2-1-3-5-16/h1-9,19H,10-13,15H2. The highest BCUT2D eigenvalue weighted by atomic mass is 19.1. The first-order valence-electron chi connectivity index (χ1n) is 9.85. The molecule has 0 spiro atoms. The number of rotatable bonds is 5. The first-order chi connectivity index (χ1) is 15.0. The van der Waals surface area contributed by atoms with Crippen LogP contribution in [-0.4, -0.2) is 51.7 Å². The SMILES string of the molecule is N#CC(c1ccccc1)N1CCN(C(=O)Cn2nc(-c3ccc(F)cc3)oc2=O)CC1. The summed E-state index contributed by atoms with van der Waals surface area (Å²) in [5.74, 6) is -1.39. The van der Waals surface area contributed by atoms with Gasteiger partial charge in [-0.15, -0.1) is 5.10 Å². The van der Waals surface area contributed by atoms with E-state index >= 15 is 0 Å². The van der Waals surface area contributed by atoms with Gasteiger partial charge in [0.25, 0.3) is 0 Å². The fourth-order valence-corrected chi connectivity index (χ4v) is 3.58. The Morgan fingerprint density at radius 2 is 1.77 bits per heavy atom. The van der Waals surface area contributed by atoms with E-state index in [9.17, 15) is 19.2 Å². The lowest BCUT2D eigenvalue weighted by Gasteiger charge is -2.37. The van der Waals surface area contributed by atoms with Crippen LogP contribution in [0.3, 0.4) is 0 Å². The van der Waals surface area contributed by atoms with E-state index in [0.29, 0.717) is 31.7 Å². The van der Waals surface area contributed by atoms with Crippen molar-refractivity contribution in [2.75, 3.05) is 26.2 Å². The van der Waals surface area contributed by atoms with Gasteiger partial charge in [-0.05, 0) is 29.8 Å². The predicted octanol–water partition coefficient (Wildman–Crippen LogP) is 2.05. The van der Waals surface area contributed by atoms with E-state index < -0.39 is 11.6 Å². The minimum Gasteiger partial charge on any atom is -0.388 e. The number of nitrogens with zero attached hydrogens (tertiary/aromatic N) is 5. The monoisotopic (exact) mass is 421 g/mol. The molecule has 1 amide bonds. The van der Waals surface area contributed by atoms with Crippen molar-refractivity contribution >= 4 is 5.91 Å². The van der Waals surface area contributed by atoms with Gasteiger partial charge in [-0.3, -0.25) is 9.69 Å². The molecule has 2 aromatic carbocycles. The third-order valence-electron chi connectivity index (χ3n) is 5.25. The highest BCUT2D eigenvalue weighted by molar-refractivity contribution is 5.76. The molecule has 1 aromatic heterocycles. The van der Waals surface area contributed by atoms with E-state index in [1.54, 1.807) is 4.90 Å². The van der Waals surface area contributed by atoms with Gasteiger partial charge in [0, 0.05) is 31.7 Å². The molecule has 0 bridgehead atoms. The average Bonchev–Trinajstić information content (AvgIpc) is 3.16. The van der Waals surface area contributed by atoms with Gasteiger partial charge in [-0.2, -0.15) is 9.94 Å². The van der Waals surface area contributed by atoms with Gasteiger partial charge in [0.15, 0.2) is 0 Å². The second-order valence-corrected chi connectivity index (χ2v) is 7.20. The van der Waals surface area contributed by atoms with Gasteiger partial charge in [0.05, 0.1) is 6.07 Å². The number of amides is 1. The summed E-state index contributed by atoms with van der Waals surface area (Å²) in [4.78, 5) is 28.4. The highest BCUT2D eigenvalue weighted by Crippen LogP contribution is 2.21. The van der Waals surface area contributed by atoms with Crippen molar-refractivity contribution in [3.8, 4) is 17.5 Å². The summed E-state index contributed by atoms with van der Waals surface area (Å²) in [6.45, 7) is 1.74. The van der Waals surface area contributed by atoms with Crippen LogP contribution in [0.15, 0.2) is 63.8 Å². The molecule has 3 aromatic rings. The van der Waals surface area contributed by atoms with E-state index in [-0.39, 0.29) is 24.4 Å². The number of nitriles is 1. The lowest BCUT2D eigenvalue weighted by molar-refractivity contribution is -0.134. The van der Waals surface area contributed by atoms with Crippen LogP contribution in [0.25, 0.3) is 11.5 Å². The highest BCUT2D eigenvalue weighted by Gasteiger charge is 2.27. The zero-order chi connectivity index (χ0) is 21.8. The summed E-state index contributed by atoms with van der Waals surface area (Å²) in [6, 6.07) is 16.9. The van der Waals surface area contributed by atoms with Crippen molar-refractivity contribution in [2.45, 2.75) is 12.6 Å². The van der Waals surface area contributed by atoms with E-state index in [0.717, 1.165) is 10.2 Å². The zero-order valence-corrected chi connectivity index (χ0v) is 16.6. The molecule has 0 aliphatic carbocycles. The molecule has 2 heterocycles. The summed E-state index contributed by atoms with van der Waals surface area (Å²) in [5.41, 5.74) is 1.37. The van der Waals surface area contributed by atoms with Crippen LogP contribution < -0.4 is 5.76 Å². The number of benzene rings is 2. The van der Waals surface area contributed by atoms with Crippen molar-refractivity contribution in [3.05, 3.63) is 76.5 Å². The number of hydrogen-bond donors (Lipinski definition) is 0. The van der Waals surface area contributed by atoms with Crippen molar-refractivity contribution < 1.29 is 13.6 Å². The molecule has 1 saturated heterocycles. The van der Waals surface area contributed by atoms with Gasteiger partial charge < -0.3 is 9.32 Å². The summed E-state index contributed by atoms with van der Waals surface area (Å²) in [5, 5.41) is 13.6. The van der Waals surface area contributed by atoms with E-state index in [1.807, 2.05) is 35.2 Å². The predicted molar refractivity (Wildman–Crippen MR) is 109 cm³/mol. The second-order valence-electron chi connectivity index (χ2n) is 7.20. The van der Waals surface area contributed by atoms with Gasteiger partial charge in [0.1, 0.15) is 18.4 Å². The molecular formula is C22H20FN5O3. The number of carbonyl (C=O) groups is 1. The van der Waals surface area contributed by atoms with E-state index in [2.05, 4.69) is 11.2 Å². The Hall–Kier alpha value is -3.77. The summed E-state index contributed by atoms with van der Waals surface area (Å²) >= 11 is 0. The van der Waals surface area contributed by atoms with Crippen LogP contribution in [0.4, 0.5) is 4.39 Å². The Bertz CT molecular complexity index is 1140. The van der Waals surface area contributed by atoms with E-state index in [1.165, 1.54) is 24.3 Å². The zero-order valence-electron chi connectivity index (χ0n) is 16.6. The van der Waals surface area contributed by atoms with Crippen LogP contribution in [0.5, 0.6) is 0 Å². The molecule has 0 N–H and O–H groups in total. The van der Waals surface area contributed by atoms with Crippen molar-refractivity contribution in [2.24, 2.45) is 0 Å². The van der Waals surface area contributed by atoms with Gasteiger partial charge in [-0.1, -0.05) is 30.3 Å². The Morgan fingerprint density at radius 3 is 2.42 bits per heavy atom. The van der Waals surface area contributed by atoms with Gasteiger partial charge in [-0.25, -0.2) is 9.18 Å². The molecule has 1 unspecified atom stereocenters. The van der Waals surface area contributed by atoms with Crippen molar-refractivity contribution in [1.82, 2.24) is 19.6 Å². The van der Waals surface area contributed by atoms with Crippen LogP contribution in [0, 0.1) is 17.1 Å². The second kappa shape index (κ2) is 8.93. The fraction of sp³-hybridized carbons (Fsp3) is 0.273. The maximum atomic E-state index is 13.1. The lowest BCUT2D eigenvalue weighted by atomic mass is 10.1. The number of aromatic nitrogens is 2. The molecule has 158 valence electrons. The third-order valence-corrected chi connectivity index (χ3v) is 5.25. The number of piperazine rings is 1. The molecule has 8 nitrogen and oxygen atoms in total. The Morgan fingerprint density at radius 1 is 1.10 bits per heavy atom. The maximum Gasteiger partial charge on any atom is 0.437 e. The summed E-state index contributed by atoms with van der Waals surface area (Å²) in [6.07, 6.45) is 0. The molecule has 0 saturated carbocycles. The van der Waals surface area contributed by atoms with E-state index in [4.69, 9.17) is 4.42 Å². The molecule has 0 radical (unpaired) electrons. The van der Waals surface area contributed by atoms with Crippen LogP contribution >= 0.6 is 0 Å². The Balaban J connectivity index is 1.38. The largest absolute Gasteiger partial charge is 0.437 e. The molecule has 1 aliphatic rings. The first kappa shape index (κ1) is 20.5. The molecule has 1 atom stereocenters. The first-order valence-corrected chi connectivity index (χ1v) is 9.85. The number of halogens is 1. The molecule has 31 heavy (non-hydrogen) atoms. The fourth-order valence-electron chi connectivity index (χ4n) is 3.58. The smallest absolute Gasteiger partial charge is 0.388 e. The minimum absolute atomic E-state index is 0.0299.